The lowest BCUT2D eigenvalue weighted by atomic mass is 10.0. The smallest absolute Gasteiger partial charge is 0.263 e. The molecule has 0 saturated carbocycles. The quantitative estimate of drug-likeness (QED) is 0.0717. The zero-order valence-corrected chi connectivity index (χ0v) is 45.7. The Kier molecular flexibility index (Phi) is 17.6. The Morgan fingerprint density at radius 1 is 0.553 bits per heavy atom. The van der Waals surface area contributed by atoms with E-state index in [1.807, 2.05) is 0 Å². The standard InChI is InChI=1S/2C25H23Cl2N5O5S/c2*1-14(23(33)28-2)12-32-13-30-20-6-4-15(8-18(20)25(32)34)16-9-21(24(37-3)29-11-16)31-38(35,36)22-7-5-17(26)10-19(22)27/h2*4-11,13-14,31H,12H2,1-3H3,(H,28,33)/t2*14-/m10/s1. The van der Waals surface area contributed by atoms with Gasteiger partial charge in [0.05, 0.1) is 70.6 Å². The summed E-state index contributed by atoms with van der Waals surface area (Å²) >= 11 is 24.0. The van der Waals surface area contributed by atoms with E-state index in [4.69, 9.17) is 55.9 Å². The van der Waals surface area contributed by atoms with Crippen LogP contribution in [0.25, 0.3) is 44.1 Å². The molecule has 0 bridgehead atoms. The number of benzene rings is 4. The lowest BCUT2D eigenvalue weighted by molar-refractivity contribution is -0.125. The summed E-state index contributed by atoms with van der Waals surface area (Å²) < 4.78 is 70.4. The van der Waals surface area contributed by atoms with Crippen LogP contribution in [0.5, 0.6) is 11.8 Å². The number of rotatable bonds is 16. The molecule has 0 saturated heterocycles. The number of anilines is 2. The highest BCUT2D eigenvalue weighted by Gasteiger charge is 2.24. The Morgan fingerprint density at radius 2 is 0.934 bits per heavy atom. The molecule has 4 aromatic heterocycles. The van der Waals surface area contributed by atoms with Gasteiger partial charge in [-0.15, -0.1) is 0 Å². The van der Waals surface area contributed by atoms with Crippen molar-refractivity contribution in [2.45, 2.75) is 36.7 Å². The van der Waals surface area contributed by atoms with E-state index in [0.29, 0.717) is 54.1 Å². The molecule has 2 amide bonds. The topological polar surface area (TPSA) is 265 Å². The summed E-state index contributed by atoms with van der Waals surface area (Å²) in [5, 5.41) is 6.30. The third-order valence-corrected chi connectivity index (χ3v) is 15.8. The molecule has 0 aliphatic rings. The number of aromatic nitrogens is 6. The number of carbonyl (C=O) groups is 2. The first-order valence-electron chi connectivity index (χ1n) is 22.5. The number of hydrogen-bond donors (Lipinski definition) is 4. The summed E-state index contributed by atoms with van der Waals surface area (Å²) in [6.07, 6.45) is 5.81. The van der Waals surface area contributed by atoms with E-state index in [1.165, 1.54) is 111 Å². The van der Waals surface area contributed by atoms with Gasteiger partial charge < -0.3 is 20.1 Å². The van der Waals surface area contributed by atoms with Crippen LogP contribution < -0.4 is 40.7 Å². The number of amides is 2. The summed E-state index contributed by atoms with van der Waals surface area (Å²) in [6, 6.07) is 21.3. The molecule has 26 heteroatoms. The van der Waals surface area contributed by atoms with Crippen LogP contribution in [-0.2, 0) is 42.7 Å². The van der Waals surface area contributed by atoms with E-state index < -0.39 is 31.9 Å². The number of ether oxygens (including phenoxy) is 2. The number of hydrogen-bond acceptors (Lipinski definition) is 14. The summed E-state index contributed by atoms with van der Waals surface area (Å²) in [5.41, 5.74) is 2.67. The molecule has 8 aromatic rings. The molecule has 4 heterocycles. The molecule has 0 unspecified atom stereocenters. The predicted molar refractivity (Wildman–Crippen MR) is 293 cm³/mol. The number of nitrogens with one attached hydrogen (secondary N) is 4. The summed E-state index contributed by atoms with van der Waals surface area (Å²) in [7, 11) is -2.44. The Bertz CT molecular complexity index is 3670. The van der Waals surface area contributed by atoms with Crippen molar-refractivity contribution in [1.82, 2.24) is 39.7 Å². The van der Waals surface area contributed by atoms with Crippen molar-refractivity contribution in [2.75, 3.05) is 37.8 Å². The Balaban J connectivity index is 0.000000221. The van der Waals surface area contributed by atoms with Gasteiger partial charge in [-0.1, -0.05) is 72.4 Å². The molecular weight excluding hydrogens is 1110 g/mol. The maximum Gasteiger partial charge on any atom is 0.263 e. The molecule has 76 heavy (non-hydrogen) atoms. The average Bonchev–Trinajstić information content (AvgIpc) is 3.39. The number of halogens is 4. The number of carbonyl (C=O) groups excluding carboxylic acids is 2. The molecular formula is C50H46Cl4N10O10S2. The van der Waals surface area contributed by atoms with Gasteiger partial charge in [0.25, 0.3) is 31.2 Å². The zero-order valence-electron chi connectivity index (χ0n) is 41.1. The van der Waals surface area contributed by atoms with E-state index in [1.54, 1.807) is 50.2 Å². The van der Waals surface area contributed by atoms with Crippen molar-refractivity contribution in [1.29, 1.82) is 0 Å². The van der Waals surface area contributed by atoms with E-state index in [9.17, 15) is 36.0 Å². The van der Waals surface area contributed by atoms with Crippen LogP contribution in [0, 0.1) is 11.8 Å². The molecule has 20 nitrogen and oxygen atoms in total. The summed E-state index contributed by atoms with van der Waals surface area (Å²) in [5.74, 6) is -1.17. The molecule has 396 valence electrons. The van der Waals surface area contributed by atoms with Crippen molar-refractivity contribution < 1.29 is 35.9 Å². The van der Waals surface area contributed by atoms with Crippen LogP contribution in [0.3, 0.4) is 0 Å². The highest BCUT2D eigenvalue weighted by Crippen LogP contribution is 2.35. The van der Waals surface area contributed by atoms with Gasteiger partial charge >= 0.3 is 0 Å². The fourth-order valence-electron chi connectivity index (χ4n) is 7.66. The molecule has 0 fully saturated rings. The predicted octanol–water partition coefficient (Wildman–Crippen LogP) is 7.91. The van der Waals surface area contributed by atoms with Crippen molar-refractivity contribution in [2.24, 2.45) is 11.8 Å². The maximum absolute atomic E-state index is 13.2. The number of sulfonamides is 2. The van der Waals surface area contributed by atoms with Gasteiger partial charge in [0.1, 0.15) is 21.2 Å². The largest absolute Gasteiger partial charge is 0.480 e. The maximum atomic E-state index is 13.2. The highest BCUT2D eigenvalue weighted by atomic mass is 35.5. The van der Waals surface area contributed by atoms with Gasteiger partial charge in [-0.3, -0.25) is 37.8 Å². The highest BCUT2D eigenvalue weighted by molar-refractivity contribution is 7.93. The zero-order chi connectivity index (χ0) is 55.2. The van der Waals surface area contributed by atoms with Gasteiger partial charge in [-0.25, -0.2) is 36.8 Å². The molecule has 2 atom stereocenters. The lowest BCUT2D eigenvalue weighted by Crippen LogP contribution is -2.32. The van der Waals surface area contributed by atoms with Crippen LogP contribution in [0.15, 0.2) is 129 Å². The second-order valence-electron chi connectivity index (χ2n) is 16.8. The van der Waals surface area contributed by atoms with E-state index in [0.717, 1.165) is 0 Å². The number of methoxy groups -OCH3 is 2. The first-order chi connectivity index (χ1) is 36.1. The third-order valence-electron chi connectivity index (χ3n) is 11.6. The van der Waals surface area contributed by atoms with Crippen molar-refractivity contribution in [3.8, 4) is 34.0 Å². The third kappa shape index (κ3) is 12.7. The van der Waals surface area contributed by atoms with Gasteiger partial charge in [0.15, 0.2) is 0 Å². The van der Waals surface area contributed by atoms with Gasteiger partial charge in [-0.2, -0.15) is 0 Å². The average molecular weight is 1150 g/mol. The van der Waals surface area contributed by atoms with Gasteiger partial charge in [0.2, 0.25) is 23.6 Å². The Hall–Kier alpha value is -7.34. The monoisotopic (exact) mass is 1150 g/mol. The fourth-order valence-corrected chi connectivity index (χ4v) is 11.3. The van der Waals surface area contributed by atoms with Crippen molar-refractivity contribution in [3.63, 3.8) is 0 Å². The van der Waals surface area contributed by atoms with Crippen LogP contribution in [-0.4, -0.2) is 86.0 Å². The molecule has 4 N–H and O–H groups in total. The normalized spacial score (nSPS) is 12.2. The number of nitrogens with zero attached hydrogens (tertiary/aromatic N) is 6. The number of fused-ring (bicyclic) bond motifs is 2. The Morgan fingerprint density at radius 3 is 1.28 bits per heavy atom. The minimum absolute atomic E-state index is 0.0374. The first kappa shape index (κ1) is 56.4. The van der Waals surface area contributed by atoms with Gasteiger partial charge in [0, 0.05) is 60.8 Å². The molecule has 4 aromatic carbocycles. The second-order valence-corrected chi connectivity index (χ2v) is 21.8. The van der Waals surface area contributed by atoms with Crippen LogP contribution >= 0.6 is 46.4 Å². The molecule has 0 spiro atoms. The van der Waals surface area contributed by atoms with E-state index in [2.05, 4.69) is 40.0 Å². The molecule has 8 rings (SSSR count). The molecule has 0 aliphatic carbocycles. The van der Waals surface area contributed by atoms with Crippen molar-refractivity contribution in [3.05, 3.63) is 151 Å². The number of pyridine rings is 2. The van der Waals surface area contributed by atoms with E-state index in [-0.39, 0.29) is 79.0 Å². The van der Waals surface area contributed by atoms with Crippen LogP contribution in [0.4, 0.5) is 11.4 Å². The first-order valence-corrected chi connectivity index (χ1v) is 27.0. The second kappa shape index (κ2) is 23.7. The van der Waals surface area contributed by atoms with Gasteiger partial charge in [-0.05, 0) is 83.9 Å². The fraction of sp³-hybridized carbons (Fsp3) is 0.200. The van der Waals surface area contributed by atoms with E-state index >= 15 is 0 Å². The SMILES string of the molecule is CNC(=O)[C@@H](C)Cn1cnc2ccc(-c3cnc(OC)c(NS(=O)(=O)c4ccc(Cl)cc4Cl)c3)cc2c1=O.CNC(=O)[C@H](C)Cn1cnc2ccc(-c3cnc(OC)c(NS(=O)(=O)c4ccc(Cl)cc4Cl)c3)cc2c1=O. The van der Waals surface area contributed by atoms with Crippen LogP contribution in [0.2, 0.25) is 20.1 Å². The molecule has 0 aliphatic heterocycles. The minimum atomic E-state index is -4.12. The summed E-state index contributed by atoms with van der Waals surface area (Å²) in [6.45, 7) is 3.76. The lowest BCUT2D eigenvalue weighted by Gasteiger charge is -2.14. The Labute approximate surface area is 455 Å². The van der Waals surface area contributed by atoms with Crippen LogP contribution in [0.1, 0.15) is 13.8 Å². The molecule has 0 radical (unpaired) electrons. The minimum Gasteiger partial charge on any atom is -0.480 e. The van der Waals surface area contributed by atoms with Crippen molar-refractivity contribution >= 4 is 111 Å². The summed E-state index contributed by atoms with van der Waals surface area (Å²) in [4.78, 5) is 67.0.